The molecule has 0 aliphatic rings. The lowest BCUT2D eigenvalue weighted by atomic mass is 10.2. The molecule has 0 aromatic heterocycles. The Labute approximate surface area is 116 Å². The zero-order valence-corrected chi connectivity index (χ0v) is 11.9. The van der Waals surface area contributed by atoms with Crippen LogP contribution in [0.4, 0.5) is 0 Å². The smallest absolute Gasteiger partial charge is 0.128 e. The van der Waals surface area contributed by atoms with Crippen molar-refractivity contribution in [3.63, 3.8) is 0 Å². The molecule has 0 aliphatic heterocycles. The number of nitrogens with one attached hydrogen (secondary N) is 1. The van der Waals surface area contributed by atoms with Crippen molar-refractivity contribution in [3.05, 3.63) is 58.6 Å². The van der Waals surface area contributed by atoms with Crippen LogP contribution in [0.2, 0.25) is 0 Å². The van der Waals surface area contributed by atoms with E-state index >= 15 is 0 Å². The van der Waals surface area contributed by atoms with Gasteiger partial charge in [-0.2, -0.15) is 0 Å². The molecule has 2 rings (SSSR count). The third kappa shape index (κ3) is 3.59. The fraction of sp³-hybridized carbons (Fsp3) is 0.200. The minimum absolute atomic E-state index is 0.841. The molecule has 1 N–H and O–H groups in total. The zero-order chi connectivity index (χ0) is 12.8. The van der Waals surface area contributed by atoms with Crippen molar-refractivity contribution in [2.45, 2.75) is 13.5 Å². The third-order valence-electron chi connectivity index (χ3n) is 2.57. The molecule has 0 amide bonds. The van der Waals surface area contributed by atoms with Gasteiger partial charge in [-0.1, -0.05) is 47.1 Å². The van der Waals surface area contributed by atoms with Crippen LogP contribution in [0.1, 0.15) is 12.5 Å². The molecule has 0 saturated carbocycles. The van der Waals surface area contributed by atoms with E-state index in [9.17, 15) is 0 Å². The van der Waals surface area contributed by atoms with Crippen LogP contribution in [0.15, 0.2) is 53.0 Å². The van der Waals surface area contributed by atoms with Crippen LogP contribution in [-0.4, -0.2) is 6.54 Å². The van der Waals surface area contributed by atoms with Crippen LogP contribution in [0.25, 0.3) is 0 Å². The number of ether oxygens (including phenoxy) is 1. The SMILES string of the molecule is CCNCc1ccc(Oc2ccccc2)cc1Br. The van der Waals surface area contributed by atoms with E-state index in [1.807, 2.05) is 42.5 Å². The van der Waals surface area contributed by atoms with Gasteiger partial charge < -0.3 is 10.1 Å². The fourth-order valence-corrected chi connectivity index (χ4v) is 2.12. The standard InChI is InChI=1S/C15H16BrNO/c1-2-17-11-12-8-9-14(10-15(12)16)18-13-6-4-3-5-7-13/h3-10,17H,2,11H2,1H3. The summed E-state index contributed by atoms with van der Waals surface area (Å²) in [7, 11) is 0. The lowest BCUT2D eigenvalue weighted by Crippen LogP contribution is -2.11. The lowest BCUT2D eigenvalue weighted by Gasteiger charge is -2.09. The highest BCUT2D eigenvalue weighted by atomic mass is 79.9. The Bertz CT molecular complexity index is 499. The monoisotopic (exact) mass is 305 g/mol. The first-order valence-corrected chi connectivity index (χ1v) is 6.81. The van der Waals surface area contributed by atoms with E-state index in [1.54, 1.807) is 0 Å². The molecule has 3 heteroatoms. The molecule has 0 bridgehead atoms. The lowest BCUT2D eigenvalue weighted by molar-refractivity contribution is 0.482. The Morgan fingerprint density at radius 1 is 1.06 bits per heavy atom. The predicted molar refractivity (Wildman–Crippen MR) is 78.0 cm³/mol. The predicted octanol–water partition coefficient (Wildman–Crippen LogP) is 4.35. The fourth-order valence-electron chi connectivity index (χ4n) is 1.62. The van der Waals surface area contributed by atoms with Gasteiger partial charge in [0, 0.05) is 11.0 Å². The zero-order valence-electron chi connectivity index (χ0n) is 10.3. The summed E-state index contributed by atoms with van der Waals surface area (Å²) < 4.78 is 6.83. The summed E-state index contributed by atoms with van der Waals surface area (Å²) in [5.41, 5.74) is 1.23. The molecule has 94 valence electrons. The summed E-state index contributed by atoms with van der Waals surface area (Å²) in [4.78, 5) is 0. The molecule has 0 spiro atoms. The van der Waals surface area contributed by atoms with E-state index in [-0.39, 0.29) is 0 Å². The highest BCUT2D eigenvalue weighted by Gasteiger charge is 2.02. The van der Waals surface area contributed by atoms with Crippen molar-refractivity contribution in [1.29, 1.82) is 0 Å². The van der Waals surface area contributed by atoms with Gasteiger partial charge in [0.15, 0.2) is 0 Å². The van der Waals surface area contributed by atoms with E-state index in [2.05, 4.69) is 34.2 Å². The second kappa shape index (κ2) is 6.57. The summed E-state index contributed by atoms with van der Waals surface area (Å²) in [6, 6.07) is 15.9. The van der Waals surface area contributed by atoms with Crippen LogP contribution in [-0.2, 0) is 6.54 Å². The average molecular weight is 306 g/mol. The van der Waals surface area contributed by atoms with Gasteiger partial charge in [-0.3, -0.25) is 0 Å². The quantitative estimate of drug-likeness (QED) is 0.886. The van der Waals surface area contributed by atoms with Gasteiger partial charge in [-0.15, -0.1) is 0 Å². The minimum atomic E-state index is 0.841. The van der Waals surface area contributed by atoms with Crippen molar-refractivity contribution in [2.24, 2.45) is 0 Å². The van der Waals surface area contributed by atoms with E-state index in [0.717, 1.165) is 29.1 Å². The number of hydrogen-bond donors (Lipinski definition) is 1. The molecule has 2 aromatic rings. The summed E-state index contributed by atoms with van der Waals surface area (Å²) in [6.45, 7) is 3.93. The van der Waals surface area contributed by atoms with Crippen LogP contribution < -0.4 is 10.1 Å². The van der Waals surface area contributed by atoms with Gasteiger partial charge in [0.1, 0.15) is 11.5 Å². The molecule has 0 radical (unpaired) electrons. The molecule has 18 heavy (non-hydrogen) atoms. The second-order valence-electron chi connectivity index (χ2n) is 3.95. The first kappa shape index (κ1) is 13.1. The molecule has 2 nitrogen and oxygen atoms in total. The van der Waals surface area contributed by atoms with E-state index in [4.69, 9.17) is 4.74 Å². The Hall–Kier alpha value is -1.32. The van der Waals surface area contributed by atoms with Crippen LogP contribution >= 0.6 is 15.9 Å². The maximum absolute atomic E-state index is 5.77. The van der Waals surface area contributed by atoms with Gasteiger partial charge in [0.05, 0.1) is 0 Å². The Morgan fingerprint density at radius 3 is 2.50 bits per heavy atom. The second-order valence-corrected chi connectivity index (χ2v) is 4.80. The largest absolute Gasteiger partial charge is 0.457 e. The average Bonchev–Trinajstić information content (AvgIpc) is 2.39. The molecule has 0 saturated heterocycles. The summed E-state index contributed by atoms with van der Waals surface area (Å²) in [5, 5.41) is 3.30. The number of para-hydroxylation sites is 1. The van der Waals surface area contributed by atoms with Crippen LogP contribution in [0, 0.1) is 0 Å². The normalized spacial score (nSPS) is 10.3. The molecule has 0 atom stereocenters. The highest BCUT2D eigenvalue weighted by Crippen LogP contribution is 2.26. The molecule has 0 unspecified atom stereocenters. The van der Waals surface area contributed by atoms with Crippen molar-refractivity contribution in [3.8, 4) is 11.5 Å². The molecule has 0 aliphatic carbocycles. The molecule has 0 fully saturated rings. The van der Waals surface area contributed by atoms with Crippen molar-refractivity contribution < 1.29 is 4.74 Å². The van der Waals surface area contributed by atoms with Crippen molar-refractivity contribution in [2.75, 3.05) is 6.54 Å². The maximum Gasteiger partial charge on any atom is 0.128 e. The maximum atomic E-state index is 5.77. The van der Waals surface area contributed by atoms with Gasteiger partial charge in [0.25, 0.3) is 0 Å². The van der Waals surface area contributed by atoms with Crippen molar-refractivity contribution in [1.82, 2.24) is 5.32 Å². The van der Waals surface area contributed by atoms with Crippen molar-refractivity contribution >= 4 is 15.9 Å². The number of rotatable bonds is 5. The molecule has 2 aromatic carbocycles. The summed E-state index contributed by atoms with van der Waals surface area (Å²) in [6.07, 6.45) is 0. The molecular weight excluding hydrogens is 290 g/mol. The number of halogens is 1. The van der Waals surface area contributed by atoms with Gasteiger partial charge in [0.2, 0.25) is 0 Å². The molecule has 0 heterocycles. The minimum Gasteiger partial charge on any atom is -0.457 e. The van der Waals surface area contributed by atoms with E-state index in [0.29, 0.717) is 0 Å². The molecular formula is C15H16BrNO. The number of benzene rings is 2. The third-order valence-corrected chi connectivity index (χ3v) is 3.31. The summed E-state index contributed by atoms with van der Waals surface area (Å²) >= 11 is 3.57. The van der Waals surface area contributed by atoms with Gasteiger partial charge in [-0.25, -0.2) is 0 Å². The van der Waals surface area contributed by atoms with Gasteiger partial charge in [-0.05, 0) is 36.4 Å². The Kier molecular flexibility index (Phi) is 4.79. The van der Waals surface area contributed by atoms with Crippen LogP contribution in [0.3, 0.4) is 0 Å². The first-order chi connectivity index (χ1) is 8.79. The topological polar surface area (TPSA) is 21.3 Å². The van der Waals surface area contributed by atoms with Crippen LogP contribution in [0.5, 0.6) is 11.5 Å². The summed E-state index contributed by atoms with van der Waals surface area (Å²) in [5.74, 6) is 1.69. The van der Waals surface area contributed by atoms with E-state index in [1.165, 1.54) is 5.56 Å². The van der Waals surface area contributed by atoms with Gasteiger partial charge >= 0.3 is 0 Å². The van der Waals surface area contributed by atoms with E-state index < -0.39 is 0 Å². The Balaban J connectivity index is 2.09. The highest BCUT2D eigenvalue weighted by molar-refractivity contribution is 9.10. The first-order valence-electron chi connectivity index (χ1n) is 6.01. The number of hydrogen-bond acceptors (Lipinski definition) is 2. The Morgan fingerprint density at radius 2 is 1.83 bits per heavy atom.